The van der Waals surface area contributed by atoms with E-state index in [0.29, 0.717) is 19.0 Å². The first-order valence-electron chi connectivity index (χ1n) is 5.67. The summed E-state index contributed by atoms with van der Waals surface area (Å²) >= 11 is 0. The zero-order valence-electron chi connectivity index (χ0n) is 10.6. The van der Waals surface area contributed by atoms with Crippen molar-refractivity contribution < 1.29 is 5.11 Å². The van der Waals surface area contributed by atoms with Gasteiger partial charge in [0.05, 0.1) is 17.5 Å². The van der Waals surface area contributed by atoms with E-state index in [1.54, 1.807) is 10.9 Å². The molecule has 2 N–H and O–H groups in total. The molecule has 92 valence electrons. The molecule has 0 aliphatic rings. The van der Waals surface area contributed by atoms with Gasteiger partial charge in [0.25, 0.3) is 0 Å². The van der Waals surface area contributed by atoms with E-state index < -0.39 is 5.60 Å². The molecule has 1 heterocycles. The molecule has 1 atom stereocenters. The number of hydrogen-bond acceptors (Lipinski definition) is 4. The molecule has 0 radical (unpaired) electrons. The number of hydrogen-bond donors (Lipinski definition) is 2. The van der Waals surface area contributed by atoms with Crippen molar-refractivity contribution in [1.82, 2.24) is 20.3 Å². The Hall–Kier alpha value is -0.940. The van der Waals surface area contributed by atoms with Crippen molar-refractivity contribution in [3.63, 3.8) is 0 Å². The van der Waals surface area contributed by atoms with E-state index in [1.165, 1.54) is 0 Å². The molecule has 16 heavy (non-hydrogen) atoms. The van der Waals surface area contributed by atoms with Crippen molar-refractivity contribution in [3.05, 3.63) is 11.9 Å². The highest BCUT2D eigenvalue weighted by Crippen LogP contribution is 2.15. The van der Waals surface area contributed by atoms with Crippen LogP contribution in [0.3, 0.4) is 0 Å². The number of aryl methyl sites for hydroxylation is 1. The topological polar surface area (TPSA) is 63.0 Å². The van der Waals surface area contributed by atoms with Crippen LogP contribution in [0.5, 0.6) is 0 Å². The van der Waals surface area contributed by atoms with Gasteiger partial charge >= 0.3 is 0 Å². The van der Waals surface area contributed by atoms with Gasteiger partial charge in [-0.3, -0.25) is 4.68 Å². The molecule has 0 amide bonds. The van der Waals surface area contributed by atoms with Crippen LogP contribution in [0.1, 0.15) is 32.9 Å². The maximum Gasteiger partial charge on any atom is 0.0746 e. The van der Waals surface area contributed by atoms with E-state index in [2.05, 4.69) is 29.5 Å². The minimum Gasteiger partial charge on any atom is -0.389 e. The molecule has 0 saturated heterocycles. The summed E-state index contributed by atoms with van der Waals surface area (Å²) in [4.78, 5) is 0. The van der Waals surface area contributed by atoms with Crippen LogP contribution >= 0.6 is 0 Å². The molecule has 0 fully saturated rings. The van der Waals surface area contributed by atoms with Gasteiger partial charge in [-0.25, -0.2) is 0 Å². The van der Waals surface area contributed by atoms with Gasteiger partial charge in [0.2, 0.25) is 0 Å². The summed E-state index contributed by atoms with van der Waals surface area (Å²) in [7, 11) is 1.86. The summed E-state index contributed by atoms with van der Waals surface area (Å²) in [6.45, 7) is 7.34. The second-order valence-electron chi connectivity index (χ2n) is 5.05. The third-order valence-corrected chi connectivity index (χ3v) is 2.47. The number of aliphatic hydroxyl groups is 1. The van der Waals surface area contributed by atoms with Crippen LogP contribution in [0, 0.1) is 5.92 Å². The van der Waals surface area contributed by atoms with Gasteiger partial charge in [0.1, 0.15) is 0 Å². The Morgan fingerprint density at radius 1 is 1.56 bits per heavy atom. The second kappa shape index (κ2) is 5.41. The molecule has 0 aliphatic heterocycles. The third-order valence-electron chi connectivity index (χ3n) is 2.47. The Labute approximate surface area is 96.9 Å². The quantitative estimate of drug-likeness (QED) is 0.749. The summed E-state index contributed by atoms with van der Waals surface area (Å²) in [6.07, 6.45) is 2.52. The van der Waals surface area contributed by atoms with Crippen LogP contribution in [0.2, 0.25) is 0 Å². The predicted octanol–water partition coefficient (Wildman–Crippen LogP) is 0.702. The Bertz CT molecular complexity index is 320. The average molecular weight is 226 g/mol. The maximum atomic E-state index is 10.1. The smallest absolute Gasteiger partial charge is 0.0746 e. The fraction of sp³-hybridized carbons (Fsp3) is 0.818. The fourth-order valence-electron chi connectivity index (χ4n) is 1.88. The largest absolute Gasteiger partial charge is 0.389 e. The molecule has 1 unspecified atom stereocenters. The standard InChI is InChI=1S/C11H22N4O/c1-9(2)5-11(3,16)8-12-6-10-7-13-14-15(10)4/h7,9,12,16H,5-6,8H2,1-4H3. The van der Waals surface area contributed by atoms with Gasteiger partial charge in [-0.2, -0.15) is 0 Å². The van der Waals surface area contributed by atoms with E-state index in [1.807, 2.05) is 14.0 Å². The molecular formula is C11H22N4O. The van der Waals surface area contributed by atoms with Crippen LogP contribution < -0.4 is 5.32 Å². The van der Waals surface area contributed by atoms with Crippen LogP contribution in [-0.4, -0.2) is 32.2 Å². The molecule has 0 spiro atoms. The molecule has 1 aromatic heterocycles. The summed E-state index contributed by atoms with van der Waals surface area (Å²) in [5.41, 5.74) is 0.362. The molecule has 0 aliphatic carbocycles. The van der Waals surface area contributed by atoms with E-state index in [9.17, 15) is 5.11 Å². The number of nitrogens with zero attached hydrogens (tertiary/aromatic N) is 3. The summed E-state index contributed by atoms with van der Waals surface area (Å²) < 4.78 is 1.73. The Morgan fingerprint density at radius 3 is 2.75 bits per heavy atom. The lowest BCUT2D eigenvalue weighted by atomic mass is 9.94. The van der Waals surface area contributed by atoms with E-state index in [4.69, 9.17) is 0 Å². The number of nitrogens with one attached hydrogen (secondary N) is 1. The molecule has 0 aromatic carbocycles. The normalized spacial score (nSPS) is 15.4. The predicted molar refractivity (Wildman–Crippen MR) is 62.8 cm³/mol. The first-order valence-corrected chi connectivity index (χ1v) is 5.67. The van der Waals surface area contributed by atoms with E-state index >= 15 is 0 Å². The van der Waals surface area contributed by atoms with Crippen LogP contribution in [0.25, 0.3) is 0 Å². The molecule has 0 bridgehead atoms. The highest BCUT2D eigenvalue weighted by molar-refractivity contribution is 4.92. The molecule has 0 saturated carbocycles. The SMILES string of the molecule is CC(C)CC(C)(O)CNCc1cnnn1C. The molecule has 1 aromatic rings. The van der Waals surface area contributed by atoms with Crippen LogP contribution in [0.4, 0.5) is 0 Å². The lowest BCUT2D eigenvalue weighted by Crippen LogP contribution is -2.38. The number of aromatic nitrogens is 3. The van der Waals surface area contributed by atoms with E-state index in [-0.39, 0.29) is 0 Å². The minimum atomic E-state index is -0.653. The van der Waals surface area contributed by atoms with Gasteiger partial charge < -0.3 is 10.4 Å². The van der Waals surface area contributed by atoms with E-state index in [0.717, 1.165) is 12.1 Å². The van der Waals surface area contributed by atoms with Crippen LogP contribution in [0.15, 0.2) is 6.20 Å². The second-order valence-corrected chi connectivity index (χ2v) is 5.05. The summed E-state index contributed by atoms with van der Waals surface area (Å²) in [5, 5.41) is 20.9. The lowest BCUT2D eigenvalue weighted by molar-refractivity contribution is 0.0382. The number of rotatable bonds is 6. The average Bonchev–Trinajstić information content (AvgIpc) is 2.49. The van der Waals surface area contributed by atoms with Crippen molar-refractivity contribution in [2.24, 2.45) is 13.0 Å². The van der Waals surface area contributed by atoms with Gasteiger partial charge in [-0.15, -0.1) is 5.10 Å². The Balaban J connectivity index is 2.32. The summed E-state index contributed by atoms with van der Waals surface area (Å²) in [5.74, 6) is 0.496. The van der Waals surface area contributed by atoms with Gasteiger partial charge in [0, 0.05) is 20.1 Å². The molecule has 5 nitrogen and oxygen atoms in total. The van der Waals surface area contributed by atoms with Crippen molar-refractivity contribution in [1.29, 1.82) is 0 Å². The van der Waals surface area contributed by atoms with Gasteiger partial charge in [0.15, 0.2) is 0 Å². The van der Waals surface area contributed by atoms with Crippen molar-refractivity contribution in [2.45, 2.75) is 39.3 Å². The Kier molecular flexibility index (Phi) is 4.44. The highest BCUT2D eigenvalue weighted by Gasteiger charge is 2.21. The van der Waals surface area contributed by atoms with Gasteiger partial charge in [-0.1, -0.05) is 19.1 Å². The van der Waals surface area contributed by atoms with Crippen LogP contribution in [-0.2, 0) is 13.6 Å². The minimum absolute atomic E-state index is 0.496. The first-order chi connectivity index (χ1) is 7.41. The molecule has 5 heteroatoms. The lowest BCUT2D eigenvalue weighted by Gasteiger charge is -2.25. The molecular weight excluding hydrogens is 204 g/mol. The van der Waals surface area contributed by atoms with Gasteiger partial charge in [-0.05, 0) is 19.3 Å². The zero-order valence-corrected chi connectivity index (χ0v) is 10.6. The first kappa shape index (κ1) is 13.1. The van der Waals surface area contributed by atoms with Crippen molar-refractivity contribution in [2.75, 3.05) is 6.54 Å². The Morgan fingerprint density at radius 2 is 2.25 bits per heavy atom. The fourth-order valence-corrected chi connectivity index (χ4v) is 1.88. The zero-order chi connectivity index (χ0) is 12.2. The van der Waals surface area contributed by atoms with Crippen molar-refractivity contribution >= 4 is 0 Å². The third kappa shape index (κ3) is 4.28. The summed E-state index contributed by atoms with van der Waals surface area (Å²) in [6, 6.07) is 0. The maximum absolute atomic E-state index is 10.1. The van der Waals surface area contributed by atoms with Crippen molar-refractivity contribution in [3.8, 4) is 0 Å². The highest BCUT2D eigenvalue weighted by atomic mass is 16.3. The molecule has 1 rings (SSSR count). The monoisotopic (exact) mass is 226 g/mol.